The van der Waals surface area contributed by atoms with Crippen molar-refractivity contribution in [1.82, 2.24) is 10.3 Å². The normalized spacial score (nSPS) is 13.1. The minimum atomic E-state index is 0.339. The summed E-state index contributed by atoms with van der Waals surface area (Å²) in [5, 5.41) is 4.56. The summed E-state index contributed by atoms with van der Waals surface area (Å²) in [7, 11) is 0. The average molecular weight is 213 g/mol. The first kappa shape index (κ1) is 11.6. The highest BCUT2D eigenvalue weighted by molar-refractivity contribution is 7.11. The molecule has 1 unspecified atom stereocenters. The molecular formula is C10H19N3S. The van der Waals surface area contributed by atoms with Crippen molar-refractivity contribution in [3.05, 3.63) is 15.6 Å². The minimum Gasteiger partial charge on any atom is -0.330 e. The third kappa shape index (κ3) is 3.04. The third-order valence-electron chi connectivity index (χ3n) is 2.18. The number of hydrogen-bond donors (Lipinski definition) is 2. The Balaban J connectivity index is 2.51. The topological polar surface area (TPSA) is 50.9 Å². The molecule has 0 aliphatic carbocycles. The van der Waals surface area contributed by atoms with Crippen LogP contribution in [0.5, 0.6) is 0 Å². The van der Waals surface area contributed by atoms with Gasteiger partial charge in [-0.05, 0) is 40.3 Å². The molecule has 1 rings (SSSR count). The number of thiazole rings is 1. The Hall–Kier alpha value is -0.450. The summed E-state index contributed by atoms with van der Waals surface area (Å²) in [6, 6.07) is 0.339. The van der Waals surface area contributed by atoms with Gasteiger partial charge in [-0.15, -0.1) is 11.3 Å². The molecule has 1 aromatic heterocycles. The predicted octanol–water partition coefficient (Wildman–Crippen LogP) is 1.76. The molecule has 0 spiro atoms. The standard InChI is InChI=1S/C10H19N3S/c1-7(12-6-4-5-11)10-8(2)14-9(3)13-10/h7,12H,4-6,11H2,1-3H3. The van der Waals surface area contributed by atoms with Gasteiger partial charge < -0.3 is 11.1 Å². The highest BCUT2D eigenvalue weighted by Gasteiger charge is 2.11. The maximum absolute atomic E-state index is 5.43. The fourth-order valence-corrected chi connectivity index (χ4v) is 2.38. The summed E-state index contributed by atoms with van der Waals surface area (Å²) in [5.41, 5.74) is 6.62. The Morgan fingerprint density at radius 1 is 1.50 bits per heavy atom. The molecular weight excluding hydrogens is 194 g/mol. The number of rotatable bonds is 5. The number of aryl methyl sites for hydroxylation is 2. The van der Waals surface area contributed by atoms with Crippen LogP contribution in [0.2, 0.25) is 0 Å². The second kappa shape index (κ2) is 5.44. The van der Waals surface area contributed by atoms with Gasteiger partial charge in [-0.25, -0.2) is 4.98 Å². The molecule has 0 fully saturated rings. The van der Waals surface area contributed by atoms with Crippen LogP contribution in [0.15, 0.2) is 0 Å². The highest BCUT2D eigenvalue weighted by atomic mass is 32.1. The lowest BCUT2D eigenvalue weighted by molar-refractivity contribution is 0.550. The van der Waals surface area contributed by atoms with Crippen LogP contribution in [0.4, 0.5) is 0 Å². The predicted molar refractivity (Wildman–Crippen MR) is 61.7 cm³/mol. The van der Waals surface area contributed by atoms with E-state index in [1.807, 2.05) is 6.92 Å². The first-order chi connectivity index (χ1) is 6.65. The molecule has 0 amide bonds. The van der Waals surface area contributed by atoms with Crippen LogP contribution in [-0.4, -0.2) is 18.1 Å². The van der Waals surface area contributed by atoms with Gasteiger partial charge in [-0.2, -0.15) is 0 Å². The van der Waals surface area contributed by atoms with Gasteiger partial charge in [0.05, 0.1) is 10.7 Å². The van der Waals surface area contributed by atoms with E-state index in [1.54, 1.807) is 11.3 Å². The first-order valence-corrected chi connectivity index (χ1v) is 5.84. The van der Waals surface area contributed by atoms with Crippen molar-refractivity contribution in [2.75, 3.05) is 13.1 Å². The Morgan fingerprint density at radius 3 is 2.71 bits per heavy atom. The molecule has 0 aliphatic heterocycles. The van der Waals surface area contributed by atoms with Gasteiger partial charge >= 0.3 is 0 Å². The van der Waals surface area contributed by atoms with E-state index < -0.39 is 0 Å². The second-order valence-electron chi connectivity index (χ2n) is 3.49. The largest absolute Gasteiger partial charge is 0.330 e. The summed E-state index contributed by atoms with van der Waals surface area (Å²) in [5.74, 6) is 0. The quantitative estimate of drug-likeness (QED) is 0.733. The molecule has 80 valence electrons. The first-order valence-electron chi connectivity index (χ1n) is 5.02. The SMILES string of the molecule is Cc1nc(C(C)NCCCN)c(C)s1. The Bertz CT molecular complexity index is 283. The van der Waals surface area contributed by atoms with E-state index in [2.05, 4.69) is 24.1 Å². The molecule has 0 aromatic carbocycles. The van der Waals surface area contributed by atoms with Gasteiger partial charge in [0.25, 0.3) is 0 Å². The van der Waals surface area contributed by atoms with Crippen molar-refractivity contribution >= 4 is 11.3 Å². The van der Waals surface area contributed by atoms with Crippen LogP contribution in [0.3, 0.4) is 0 Å². The zero-order valence-corrected chi connectivity index (χ0v) is 9.95. The molecule has 4 heteroatoms. The Labute approximate surface area is 89.7 Å². The molecule has 0 aliphatic rings. The lowest BCUT2D eigenvalue weighted by Gasteiger charge is -2.11. The maximum atomic E-state index is 5.43. The molecule has 14 heavy (non-hydrogen) atoms. The summed E-state index contributed by atoms with van der Waals surface area (Å²) in [6.45, 7) is 8.04. The van der Waals surface area contributed by atoms with Crippen molar-refractivity contribution in [3.8, 4) is 0 Å². The van der Waals surface area contributed by atoms with Crippen LogP contribution in [0.1, 0.15) is 35.0 Å². The molecule has 0 saturated heterocycles. The Morgan fingerprint density at radius 2 is 2.21 bits per heavy atom. The van der Waals surface area contributed by atoms with Crippen LogP contribution in [-0.2, 0) is 0 Å². The van der Waals surface area contributed by atoms with Crippen molar-refractivity contribution in [2.45, 2.75) is 33.2 Å². The summed E-state index contributed by atoms with van der Waals surface area (Å²) in [6.07, 6.45) is 1.02. The number of hydrogen-bond acceptors (Lipinski definition) is 4. The number of nitrogens with zero attached hydrogens (tertiary/aromatic N) is 1. The minimum absolute atomic E-state index is 0.339. The van der Waals surface area contributed by atoms with Crippen molar-refractivity contribution in [3.63, 3.8) is 0 Å². The Kier molecular flexibility index (Phi) is 4.51. The highest BCUT2D eigenvalue weighted by Crippen LogP contribution is 2.22. The second-order valence-corrected chi connectivity index (χ2v) is 4.90. The van der Waals surface area contributed by atoms with Crippen molar-refractivity contribution in [2.24, 2.45) is 5.73 Å². The fraction of sp³-hybridized carbons (Fsp3) is 0.700. The number of nitrogens with one attached hydrogen (secondary N) is 1. The van der Waals surface area contributed by atoms with Crippen LogP contribution in [0, 0.1) is 13.8 Å². The smallest absolute Gasteiger partial charge is 0.0900 e. The molecule has 0 saturated carbocycles. The summed E-state index contributed by atoms with van der Waals surface area (Å²) >= 11 is 1.76. The van der Waals surface area contributed by atoms with Crippen LogP contribution < -0.4 is 11.1 Å². The van der Waals surface area contributed by atoms with Crippen molar-refractivity contribution in [1.29, 1.82) is 0 Å². The molecule has 3 nitrogen and oxygen atoms in total. The van der Waals surface area contributed by atoms with E-state index in [0.717, 1.165) is 24.5 Å². The number of nitrogens with two attached hydrogens (primary N) is 1. The average Bonchev–Trinajstić information content (AvgIpc) is 2.45. The van der Waals surface area contributed by atoms with E-state index in [1.165, 1.54) is 10.6 Å². The van der Waals surface area contributed by atoms with E-state index in [-0.39, 0.29) is 0 Å². The third-order valence-corrected chi connectivity index (χ3v) is 3.08. The fourth-order valence-electron chi connectivity index (χ4n) is 1.46. The summed E-state index contributed by atoms with van der Waals surface area (Å²) < 4.78 is 0. The maximum Gasteiger partial charge on any atom is 0.0900 e. The van der Waals surface area contributed by atoms with E-state index in [9.17, 15) is 0 Å². The molecule has 1 aromatic rings. The van der Waals surface area contributed by atoms with Gasteiger partial charge in [-0.3, -0.25) is 0 Å². The van der Waals surface area contributed by atoms with Crippen LogP contribution >= 0.6 is 11.3 Å². The van der Waals surface area contributed by atoms with Crippen molar-refractivity contribution < 1.29 is 0 Å². The molecule has 0 bridgehead atoms. The number of aromatic nitrogens is 1. The van der Waals surface area contributed by atoms with E-state index in [4.69, 9.17) is 5.73 Å². The van der Waals surface area contributed by atoms with Crippen LogP contribution in [0.25, 0.3) is 0 Å². The van der Waals surface area contributed by atoms with Gasteiger partial charge in [0.2, 0.25) is 0 Å². The zero-order valence-electron chi connectivity index (χ0n) is 9.13. The lowest BCUT2D eigenvalue weighted by Crippen LogP contribution is -2.22. The zero-order chi connectivity index (χ0) is 10.6. The van der Waals surface area contributed by atoms with Gasteiger partial charge in [0.15, 0.2) is 0 Å². The van der Waals surface area contributed by atoms with E-state index >= 15 is 0 Å². The monoisotopic (exact) mass is 213 g/mol. The van der Waals surface area contributed by atoms with Gasteiger partial charge in [-0.1, -0.05) is 0 Å². The summed E-state index contributed by atoms with van der Waals surface area (Å²) in [4.78, 5) is 5.83. The lowest BCUT2D eigenvalue weighted by atomic mass is 10.2. The molecule has 1 atom stereocenters. The molecule has 0 radical (unpaired) electrons. The van der Waals surface area contributed by atoms with Gasteiger partial charge in [0, 0.05) is 10.9 Å². The molecule has 3 N–H and O–H groups in total. The van der Waals surface area contributed by atoms with E-state index in [0.29, 0.717) is 6.04 Å². The van der Waals surface area contributed by atoms with Gasteiger partial charge in [0.1, 0.15) is 0 Å². The molecule has 1 heterocycles.